The van der Waals surface area contributed by atoms with E-state index in [2.05, 4.69) is 0 Å². The topological polar surface area (TPSA) is 42.0 Å². The van der Waals surface area contributed by atoms with E-state index in [1.807, 2.05) is 11.0 Å². The molecule has 0 aliphatic carbocycles. The van der Waals surface area contributed by atoms with Gasteiger partial charge in [-0.25, -0.2) is 4.39 Å². The molecule has 1 amide bonds. The molecule has 2 aromatic carbocycles. The van der Waals surface area contributed by atoms with Crippen molar-refractivity contribution in [3.8, 4) is 11.5 Å². The Labute approximate surface area is 149 Å². The normalized spacial score (nSPS) is 16.2. The molecule has 130 valence electrons. The van der Waals surface area contributed by atoms with Crippen LogP contribution in [0.15, 0.2) is 36.4 Å². The number of benzene rings is 2. The number of hydrogen-bond donors (Lipinski definition) is 0. The molecule has 2 heterocycles. The second kappa shape index (κ2) is 6.44. The van der Waals surface area contributed by atoms with Crippen molar-refractivity contribution in [2.45, 2.75) is 0 Å². The SMILES string of the molecule is O=C(c1cc(Cl)c2c(c1)OCO2)N1CCN(c2ccccc2F)CC1. The summed E-state index contributed by atoms with van der Waals surface area (Å²) in [5, 5.41) is 0.364. The van der Waals surface area contributed by atoms with E-state index in [0.717, 1.165) is 0 Å². The van der Waals surface area contributed by atoms with Gasteiger partial charge in [0.1, 0.15) is 5.82 Å². The summed E-state index contributed by atoms with van der Waals surface area (Å²) < 4.78 is 24.5. The zero-order chi connectivity index (χ0) is 17.4. The van der Waals surface area contributed by atoms with Gasteiger partial charge in [-0.1, -0.05) is 23.7 Å². The van der Waals surface area contributed by atoms with Crippen LogP contribution in [-0.4, -0.2) is 43.8 Å². The molecule has 0 unspecified atom stereocenters. The lowest BCUT2D eigenvalue weighted by Crippen LogP contribution is -2.49. The maximum Gasteiger partial charge on any atom is 0.254 e. The van der Waals surface area contributed by atoms with Crippen LogP contribution in [0.4, 0.5) is 10.1 Å². The van der Waals surface area contributed by atoms with Crippen molar-refractivity contribution in [3.63, 3.8) is 0 Å². The van der Waals surface area contributed by atoms with E-state index in [9.17, 15) is 9.18 Å². The first-order chi connectivity index (χ1) is 12.1. The van der Waals surface area contributed by atoms with Gasteiger partial charge in [-0.15, -0.1) is 0 Å². The summed E-state index contributed by atoms with van der Waals surface area (Å²) in [7, 11) is 0. The third-order valence-electron chi connectivity index (χ3n) is 4.43. The van der Waals surface area contributed by atoms with E-state index in [1.165, 1.54) is 6.07 Å². The summed E-state index contributed by atoms with van der Waals surface area (Å²) in [4.78, 5) is 16.4. The van der Waals surface area contributed by atoms with Gasteiger partial charge in [-0.2, -0.15) is 0 Å². The molecule has 0 saturated carbocycles. The molecule has 7 heteroatoms. The van der Waals surface area contributed by atoms with E-state index >= 15 is 0 Å². The number of anilines is 1. The second-order valence-electron chi connectivity index (χ2n) is 5.92. The van der Waals surface area contributed by atoms with Crippen molar-refractivity contribution in [2.75, 3.05) is 37.9 Å². The highest BCUT2D eigenvalue weighted by molar-refractivity contribution is 6.32. The van der Waals surface area contributed by atoms with Gasteiger partial charge in [0, 0.05) is 31.7 Å². The molecule has 5 nitrogen and oxygen atoms in total. The number of amides is 1. The van der Waals surface area contributed by atoms with Crippen molar-refractivity contribution in [1.82, 2.24) is 4.90 Å². The molecule has 0 radical (unpaired) electrons. The molecule has 1 fully saturated rings. The van der Waals surface area contributed by atoms with Gasteiger partial charge in [0.25, 0.3) is 5.91 Å². The molecule has 0 aromatic heterocycles. The minimum atomic E-state index is -0.246. The molecule has 2 aliphatic rings. The fraction of sp³-hybridized carbons (Fsp3) is 0.278. The lowest BCUT2D eigenvalue weighted by Gasteiger charge is -2.36. The molecule has 25 heavy (non-hydrogen) atoms. The Morgan fingerprint density at radius 3 is 2.60 bits per heavy atom. The van der Waals surface area contributed by atoms with Gasteiger partial charge in [0.15, 0.2) is 11.5 Å². The van der Waals surface area contributed by atoms with Crippen LogP contribution < -0.4 is 14.4 Å². The molecule has 2 aromatic rings. The van der Waals surface area contributed by atoms with Crippen molar-refractivity contribution < 1.29 is 18.7 Å². The van der Waals surface area contributed by atoms with Gasteiger partial charge >= 0.3 is 0 Å². The maximum absolute atomic E-state index is 13.9. The van der Waals surface area contributed by atoms with E-state index < -0.39 is 0 Å². The van der Waals surface area contributed by atoms with Gasteiger partial charge in [0.05, 0.1) is 10.7 Å². The molecule has 1 saturated heterocycles. The third kappa shape index (κ3) is 2.98. The summed E-state index contributed by atoms with van der Waals surface area (Å²) in [5.41, 5.74) is 1.04. The number of carbonyl (C=O) groups is 1. The largest absolute Gasteiger partial charge is 0.454 e. The fourth-order valence-electron chi connectivity index (χ4n) is 3.13. The number of piperazine rings is 1. The van der Waals surface area contributed by atoms with E-state index in [-0.39, 0.29) is 18.5 Å². The molecule has 0 bridgehead atoms. The zero-order valence-corrected chi connectivity index (χ0v) is 14.1. The van der Waals surface area contributed by atoms with Crippen LogP contribution in [0.25, 0.3) is 0 Å². The van der Waals surface area contributed by atoms with Gasteiger partial charge in [-0.05, 0) is 24.3 Å². The Morgan fingerprint density at radius 1 is 1.08 bits per heavy atom. The third-order valence-corrected chi connectivity index (χ3v) is 4.71. The summed E-state index contributed by atoms with van der Waals surface area (Å²) in [6, 6.07) is 9.93. The maximum atomic E-state index is 13.9. The Kier molecular flexibility index (Phi) is 4.13. The highest BCUT2D eigenvalue weighted by Crippen LogP contribution is 2.40. The fourth-order valence-corrected chi connectivity index (χ4v) is 3.40. The smallest absolute Gasteiger partial charge is 0.254 e. The van der Waals surface area contributed by atoms with Crippen molar-refractivity contribution in [3.05, 3.63) is 52.8 Å². The Bertz CT molecular complexity index is 822. The molecule has 0 atom stereocenters. The van der Waals surface area contributed by atoms with Crippen molar-refractivity contribution in [2.24, 2.45) is 0 Å². The average Bonchev–Trinajstić information content (AvgIpc) is 3.11. The van der Waals surface area contributed by atoms with Crippen LogP contribution in [-0.2, 0) is 0 Å². The number of fused-ring (bicyclic) bond motifs is 1. The second-order valence-corrected chi connectivity index (χ2v) is 6.33. The van der Waals surface area contributed by atoms with E-state index in [4.69, 9.17) is 21.1 Å². The molecular weight excluding hydrogens is 347 g/mol. The van der Waals surface area contributed by atoms with Crippen LogP contribution in [0.5, 0.6) is 11.5 Å². The molecule has 0 N–H and O–H groups in total. The number of nitrogens with zero attached hydrogens (tertiary/aromatic N) is 2. The van der Waals surface area contributed by atoms with Gasteiger partial charge in [-0.3, -0.25) is 4.79 Å². The molecular formula is C18H16ClFN2O3. The van der Waals surface area contributed by atoms with Crippen LogP contribution in [0.1, 0.15) is 10.4 Å². The highest BCUT2D eigenvalue weighted by Gasteiger charge is 2.26. The lowest BCUT2D eigenvalue weighted by atomic mass is 10.1. The number of hydrogen-bond acceptors (Lipinski definition) is 4. The predicted octanol–water partition coefficient (Wildman–Crippen LogP) is 3.17. The van der Waals surface area contributed by atoms with E-state index in [1.54, 1.807) is 29.2 Å². The Balaban J connectivity index is 1.47. The summed E-state index contributed by atoms with van der Waals surface area (Å²) in [5.74, 6) is 0.599. The lowest BCUT2D eigenvalue weighted by molar-refractivity contribution is 0.0746. The molecule has 4 rings (SSSR count). The summed E-state index contributed by atoms with van der Waals surface area (Å²) >= 11 is 6.15. The molecule has 0 spiro atoms. The van der Waals surface area contributed by atoms with Crippen LogP contribution in [0, 0.1) is 5.82 Å². The van der Waals surface area contributed by atoms with Gasteiger partial charge < -0.3 is 19.3 Å². The summed E-state index contributed by atoms with van der Waals surface area (Å²) in [6.07, 6.45) is 0. The Hall–Kier alpha value is -2.47. The van der Waals surface area contributed by atoms with Gasteiger partial charge in [0.2, 0.25) is 6.79 Å². The number of para-hydroxylation sites is 1. The number of carbonyl (C=O) groups excluding carboxylic acids is 1. The van der Waals surface area contributed by atoms with Crippen LogP contribution in [0.3, 0.4) is 0 Å². The van der Waals surface area contributed by atoms with Crippen molar-refractivity contribution >= 4 is 23.2 Å². The quantitative estimate of drug-likeness (QED) is 0.823. The standard InChI is InChI=1S/C18H16ClFN2O3/c19-13-9-12(10-16-17(13)25-11-24-16)18(23)22-7-5-21(6-8-22)15-4-2-1-3-14(15)20/h1-4,9-10H,5-8,11H2. The minimum Gasteiger partial charge on any atom is -0.454 e. The molecule has 2 aliphatic heterocycles. The number of ether oxygens (including phenoxy) is 2. The monoisotopic (exact) mass is 362 g/mol. The van der Waals surface area contributed by atoms with E-state index in [0.29, 0.717) is 54.0 Å². The zero-order valence-electron chi connectivity index (χ0n) is 13.4. The van der Waals surface area contributed by atoms with Crippen molar-refractivity contribution in [1.29, 1.82) is 0 Å². The summed E-state index contributed by atoms with van der Waals surface area (Å²) in [6.45, 7) is 2.28. The number of halogens is 2. The Morgan fingerprint density at radius 2 is 1.84 bits per heavy atom. The minimum absolute atomic E-state index is 0.105. The number of rotatable bonds is 2. The first kappa shape index (κ1) is 16.0. The van der Waals surface area contributed by atoms with Crippen LogP contribution in [0.2, 0.25) is 5.02 Å². The highest BCUT2D eigenvalue weighted by atomic mass is 35.5. The first-order valence-electron chi connectivity index (χ1n) is 8.01. The first-order valence-corrected chi connectivity index (χ1v) is 8.39. The average molecular weight is 363 g/mol. The van der Waals surface area contributed by atoms with Crippen LogP contribution >= 0.6 is 11.6 Å². The predicted molar refractivity (Wildman–Crippen MR) is 92.1 cm³/mol.